The van der Waals surface area contributed by atoms with Gasteiger partial charge in [-0.05, 0) is 12.3 Å². The Bertz CT molecular complexity index is 319. The second-order valence-corrected chi connectivity index (χ2v) is 3.83. The molecule has 0 fully saturated rings. The SMILES string of the molecule is COC(=O)C1=C(N)OC(CC(C)C)C1=O. The quantitative estimate of drug-likeness (QED) is 0.540. The van der Waals surface area contributed by atoms with Crippen molar-refractivity contribution in [2.45, 2.75) is 26.4 Å². The molecule has 0 saturated carbocycles. The summed E-state index contributed by atoms with van der Waals surface area (Å²) in [6.45, 7) is 3.92. The zero-order chi connectivity index (χ0) is 11.6. The number of methoxy groups -OCH3 is 1. The largest absolute Gasteiger partial charge is 0.467 e. The number of carbonyl (C=O) groups is 2. The molecule has 1 heterocycles. The minimum atomic E-state index is -0.733. The first-order chi connectivity index (χ1) is 6.97. The van der Waals surface area contributed by atoms with Crippen molar-refractivity contribution in [3.8, 4) is 0 Å². The standard InChI is InChI=1S/C10H15NO4/c1-5(2)4-6-8(12)7(9(11)15-6)10(13)14-3/h5-6H,4,11H2,1-3H3. The Kier molecular flexibility index (Phi) is 3.34. The van der Waals surface area contributed by atoms with Crippen LogP contribution >= 0.6 is 0 Å². The lowest BCUT2D eigenvalue weighted by Crippen LogP contribution is -2.23. The van der Waals surface area contributed by atoms with Crippen LogP contribution in [-0.4, -0.2) is 25.0 Å². The summed E-state index contributed by atoms with van der Waals surface area (Å²) in [5, 5.41) is 0. The molecule has 0 amide bonds. The lowest BCUT2D eigenvalue weighted by atomic mass is 10.0. The molecule has 0 aromatic carbocycles. The Morgan fingerprint density at radius 2 is 2.20 bits per heavy atom. The fourth-order valence-corrected chi connectivity index (χ4v) is 1.43. The van der Waals surface area contributed by atoms with Crippen LogP contribution in [0.2, 0.25) is 0 Å². The van der Waals surface area contributed by atoms with Gasteiger partial charge < -0.3 is 15.2 Å². The van der Waals surface area contributed by atoms with Crippen LogP contribution in [0.25, 0.3) is 0 Å². The molecule has 0 spiro atoms. The number of ketones is 1. The zero-order valence-corrected chi connectivity index (χ0v) is 9.07. The summed E-state index contributed by atoms with van der Waals surface area (Å²) >= 11 is 0. The third-order valence-electron chi connectivity index (χ3n) is 2.13. The van der Waals surface area contributed by atoms with Gasteiger partial charge in [-0.25, -0.2) is 4.79 Å². The molecule has 1 unspecified atom stereocenters. The molecule has 0 bridgehead atoms. The fourth-order valence-electron chi connectivity index (χ4n) is 1.43. The molecular weight excluding hydrogens is 198 g/mol. The topological polar surface area (TPSA) is 78.6 Å². The summed E-state index contributed by atoms with van der Waals surface area (Å²) in [7, 11) is 1.20. The molecule has 5 nitrogen and oxygen atoms in total. The Balaban J connectivity index is 2.79. The van der Waals surface area contributed by atoms with Gasteiger partial charge in [0.25, 0.3) is 0 Å². The van der Waals surface area contributed by atoms with Crippen LogP contribution in [0.4, 0.5) is 0 Å². The average molecular weight is 213 g/mol. The summed E-state index contributed by atoms with van der Waals surface area (Å²) in [6, 6.07) is 0. The number of Topliss-reactive ketones (excluding diaryl/α,β-unsaturated/α-hetero) is 1. The van der Waals surface area contributed by atoms with Crippen LogP contribution in [0, 0.1) is 5.92 Å². The highest BCUT2D eigenvalue weighted by atomic mass is 16.5. The van der Waals surface area contributed by atoms with E-state index >= 15 is 0 Å². The van der Waals surface area contributed by atoms with Crippen molar-refractivity contribution in [1.82, 2.24) is 0 Å². The Hall–Kier alpha value is -1.52. The van der Waals surface area contributed by atoms with Crippen molar-refractivity contribution in [2.24, 2.45) is 11.7 Å². The lowest BCUT2D eigenvalue weighted by Gasteiger charge is -2.11. The van der Waals surface area contributed by atoms with E-state index in [2.05, 4.69) is 4.74 Å². The van der Waals surface area contributed by atoms with Crippen molar-refractivity contribution in [1.29, 1.82) is 0 Å². The van der Waals surface area contributed by atoms with Gasteiger partial charge in [-0.1, -0.05) is 13.8 Å². The summed E-state index contributed by atoms with van der Waals surface area (Å²) < 4.78 is 9.58. The number of hydrogen-bond acceptors (Lipinski definition) is 5. The van der Waals surface area contributed by atoms with Crippen molar-refractivity contribution in [3.63, 3.8) is 0 Å². The molecule has 1 aliphatic heterocycles. The molecule has 2 N–H and O–H groups in total. The molecule has 0 radical (unpaired) electrons. The molecule has 84 valence electrons. The summed E-state index contributed by atoms with van der Waals surface area (Å²) in [6.07, 6.45) is -0.0980. The second kappa shape index (κ2) is 4.33. The molecule has 1 aliphatic rings. The summed E-state index contributed by atoms with van der Waals surface area (Å²) in [4.78, 5) is 22.9. The molecule has 0 aromatic heterocycles. The van der Waals surface area contributed by atoms with E-state index in [-0.39, 0.29) is 17.2 Å². The molecule has 15 heavy (non-hydrogen) atoms. The van der Waals surface area contributed by atoms with Gasteiger partial charge in [-0.2, -0.15) is 0 Å². The lowest BCUT2D eigenvalue weighted by molar-refractivity contribution is -0.138. The van der Waals surface area contributed by atoms with Crippen LogP contribution in [0.1, 0.15) is 20.3 Å². The van der Waals surface area contributed by atoms with E-state index in [1.165, 1.54) is 7.11 Å². The maximum atomic E-state index is 11.7. The van der Waals surface area contributed by atoms with E-state index in [0.717, 1.165) is 0 Å². The van der Waals surface area contributed by atoms with Crippen molar-refractivity contribution < 1.29 is 19.1 Å². The van der Waals surface area contributed by atoms with Crippen molar-refractivity contribution in [3.05, 3.63) is 11.5 Å². The Morgan fingerprint density at radius 1 is 1.60 bits per heavy atom. The van der Waals surface area contributed by atoms with Gasteiger partial charge in [0.05, 0.1) is 7.11 Å². The minimum absolute atomic E-state index is 0.127. The number of rotatable bonds is 3. The van der Waals surface area contributed by atoms with E-state index < -0.39 is 12.1 Å². The van der Waals surface area contributed by atoms with Crippen molar-refractivity contribution >= 4 is 11.8 Å². The van der Waals surface area contributed by atoms with Crippen LogP contribution in [0.15, 0.2) is 11.5 Å². The molecule has 0 aliphatic carbocycles. The Morgan fingerprint density at radius 3 is 2.67 bits per heavy atom. The van der Waals surface area contributed by atoms with Crippen molar-refractivity contribution in [2.75, 3.05) is 7.11 Å². The van der Waals surface area contributed by atoms with E-state index in [4.69, 9.17) is 10.5 Å². The maximum Gasteiger partial charge on any atom is 0.347 e. The van der Waals surface area contributed by atoms with E-state index in [0.29, 0.717) is 12.3 Å². The average Bonchev–Trinajstić information content (AvgIpc) is 2.40. The normalized spacial score (nSPS) is 20.8. The molecule has 1 rings (SSSR count). The Labute approximate surface area is 88.2 Å². The first-order valence-corrected chi connectivity index (χ1v) is 4.76. The molecule has 5 heteroatoms. The molecule has 0 aromatic rings. The highest BCUT2D eigenvalue weighted by molar-refractivity contribution is 6.20. The molecular formula is C10H15NO4. The number of carbonyl (C=O) groups excluding carboxylic acids is 2. The van der Waals surface area contributed by atoms with Crippen LogP contribution in [0.3, 0.4) is 0 Å². The van der Waals surface area contributed by atoms with Gasteiger partial charge in [0.2, 0.25) is 11.7 Å². The highest BCUT2D eigenvalue weighted by Gasteiger charge is 2.38. The van der Waals surface area contributed by atoms with Gasteiger partial charge in [0, 0.05) is 0 Å². The van der Waals surface area contributed by atoms with E-state index in [1.54, 1.807) is 0 Å². The molecule has 0 saturated heterocycles. The number of esters is 1. The highest BCUT2D eigenvalue weighted by Crippen LogP contribution is 2.23. The first-order valence-electron chi connectivity index (χ1n) is 4.76. The smallest absolute Gasteiger partial charge is 0.347 e. The van der Waals surface area contributed by atoms with Gasteiger partial charge in [0.1, 0.15) is 0 Å². The number of ether oxygens (including phenoxy) is 2. The van der Waals surface area contributed by atoms with Crippen LogP contribution < -0.4 is 5.73 Å². The third-order valence-corrected chi connectivity index (χ3v) is 2.13. The van der Waals surface area contributed by atoms with E-state index in [9.17, 15) is 9.59 Å². The predicted molar refractivity (Wildman–Crippen MR) is 52.6 cm³/mol. The third kappa shape index (κ3) is 2.29. The minimum Gasteiger partial charge on any atom is -0.467 e. The fraction of sp³-hybridized carbons (Fsp3) is 0.600. The molecule has 1 atom stereocenters. The predicted octanol–water partition coefficient (Wildman–Crippen LogP) is 0.344. The zero-order valence-electron chi connectivity index (χ0n) is 9.07. The summed E-state index contributed by atoms with van der Waals surface area (Å²) in [5.74, 6) is -0.946. The van der Waals surface area contributed by atoms with Gasteiger partial charge >= 0.3 is 5.97 Å². The van der Waals surface area contributed by atoms with Crippen LogP contribution in [0.5, 0.6) is 0 Å². The first kappa shape index (κ1) is 11.6. The summed E-state index contributed by atoms with van der Waals surface area (Å²) in [5.41, 5.74) is 5.28. The van der Waals surface area contributed by atoms with Gasteiger partial charge in [0.15, 0.2) is 11.7 Å². The van der Waals surface area contributed by atoms with Gasteiger partial charge in [-0.3, -0.25) is 4.79 Å². The van der Waals surface area contributed by atoms with E-state index in [1.807, 2.05) is 13.8 Å². The monoisotopic (exact) mass is 213 g/mol. The second-order valence-electron chi connectivity index (χ2n) is 3.83. The van der Waals surface area contributed by atoms with Gasteiger partial charge in [-0.15, -0.1) is 0 Å². The number of hydrogen-bond donors (Lipinski definition) is 1. The number of nitrogens with two attached hydrogens (primary N) is 1. The van der Waals surface area contributed by atoms with Crippen LogP contribution in [-0.2, 0) is 19.1 Å². The maximum absolute atomic E-state index is 11.7.